The summed E-state index contributed by atoms with van der Waals surface area (Å²) in [7, 11) is 0. The van der Waals surface area contributed by atoms with Crippen LogP contribution >= 0.6 is 0 Å². The van der Waals surface area contributed by atoms with Gasteiger partial charge in [-0.3, -0.25) is 10.1 Å². The van der Waals surface area contributed by atoms with Gasteiger partial charge in [0.05, 0.1) is 4.92 Å². The van der Waals surface area contributed by atoms with Crippen LogP contribution in [0.5, 0.6) is 11.5 Å². The number of rotatable bonds is 5. The van der Waals surface area contributed by atoms with Crippen LogP contribution < -0.4 is 9.47 Å². The molecular formula is C18H13N3O7. The van der Waals surface area contributed by atoms with Crippen LogP contribution in [0.1, 0.15) is 5.89 Å². The first-order valence-corrected chi connectivity index (χ1v) is 8.22. The van der Waals surface area contributed by atoms with Crippen molar-refractivity contribution in [2.24, 2.45) is 0 Å². The Hall–Kier alpha value is -3.95. The molecule has 3 aromatic rings. The number of nitro groups is 1. The maximum atomic E-state index is 12.2. The smallest absolute Gasteiger partial charge is 0.351 e. The first kappa shape index (κ1) is 17.5. The molecule has 28 heavy (non-hydrogen) atoms. The molecule has 1 atom stereocenters. The van der Waals surface area contributed by atoms with Crippen LogP contribution in [-0.2, 0) is 16.1 Å². The Bertz CT molecular complexity index is 1020. The SMILES string of the molecule is O=C(OCc1nnc(-c2ccc([N+](=O)[O-])cc2)o1)C1COc2ccccc2O1. The molecule has 2 heterocycles. The average Bonchev–Trinajstić information content (AvgIpc) is 3.21. The second-order valence-corrected chi connectivity index (χ2v) is 5.78. The highest BCUT2D eigenvalue weighted by Crippen LogP contribution is 2.31. The molecule has 0 radical (unpaired) electrons. The average molecular weight is 383 g/mol. The van der Waals surface area contributed by atoms with E-state index in [1.54, 1.807) is 24.3 Å². The predicted octanol–water partition coefficient (Wildman–Crippen LogP) is 2.53. The van der Waals surface area contributed by atoms with E-state index in [0.717, 1.165) is 0 Å². The van der Waals surface area contributed by atoms with Gasteiger partial charge < -0.3 is 18.6 Å². The van der Waals surface area contributed by atoms with E-state index in [4.69, 9.17) is 18.6 Å². The highest BCUT2D eigenvalue weighted by atomic mass is 16.6. The molecule has 10 nitrogen and oxygen atoms in total. The quantitative estimate of drug-likeness (QED) is 0.371. The largest absolute Gasteiger partial charge is 0.485 e. The first-order chi connectivity index (χ1) is 13.6. The molecule has 2 aromatic carbocycles. The summed E-state index contributed by atoms with van der Waals surface area (Å²) in [5.41, 5.74) is 0.463. The lowest BCUT2D eigenvalue weighted by molar-refractivity contribution is -0.384. The number of hydrogen-bond donors (Lipinski definition) is 0. The van der Waals surface area contributed by atoms with Gasteiger partial charge in [-0.2, -0.15) is 0 Å². The molecule has 1 unspecified atom stereocenters. The fraction of sp³-hybridized carbons (Fsp3) is 0.167. The Morgan fingerprint density at radius 1 is 1.14 bits per heavy atom. The topological polar surface area (TPSA) is 127 Å². The molecule has 0 spiro atoms. The zero-order valence-corrected chi connectivity index (χ0v) is 14.3. The van der Waals surface area contributed by atoms with Gasteiger partial charge in [0.15, 0.2) is 18.1 Å². The van der Waals surface area contributed by atoms with Crippen molar-refractivity contribution in [3.8, 4) is 23.0 Å². The molecular weight excluding hydrogens is 370 g/mol. The summed E-state index contributed by atoms with van der Waals surface area (Å²) >= 11 is 0. The highest BCUT2D eigenvalue weighted by molar-refractivity contribution is 5.75. The van der Waals surface area contributed by atoms with Gasteiger partial charge >= 0.3 is 5.97 Å². The van der Waals surface area contributed by atoms with E-state index in [2.05, 4.69) is 10.2 Å². The molecule has 0 fully saturated rings. The zero-order chi connectivity index (χ0) is 19.5. The number of benzene rings is 2. The van der Waals surface area contributed by atoms with Gasteiger partial charge in [0.25, 0.3) is 11.6 Å². The van der Waals surface area contributed by atoms with E-state index in [-0.39, 0.29) is 30.7 Å². The number of non-ortho nitro benzene ring substituents is 1. The van der Waals surface area contributed by atoms with Gasteiger partial charge in [0, 0.05) is 17.7 Å². The molecule has 142 valence electrons. The minimum atomic E-state index is -0.896. The molecule has 1 aliphatic rings. The van der Waals surface area contributed by atoms with Crippen molar-refractivity contribution < 1.29 is 28.3 Å². The third-order valence-electron chi connectivity index (χ3n) is 3.90. The molecule has 0 N–H and O–H groups in total. The minimum Gasteiger partial charge on any atom is -0.485 e. The van der Waals surface area contributed by atoms with Crippen molar-refractivity contribution in [2.75, 3.05) is 6.61 Å². The lowest BCUT2D eigenvalue weighted by Crippen LogP contribution is -2.37. The summed E-state index contributed by atoms with van der Waals surface area (Å²) in [6, 6.07) is 12.7. The van der Waals surface area contributed by atoms with Gasteiger partial charge in [-0.15, -0.1) is 10.2 Å². The molecule has 1 aromatic heterocycles. The van der Waals surface area contributed by atoms with E-state index in [1.807, 2.05) is 0 Å². The number of para-hydroxylation sites is 2. The monoisotopic (exact) mass is 383 g/mol. The van der Waals surface area contributed by atoms with Crippen LogP contribution in [-0.4, -0.2) is 33.8 Å². The van der Waals surface area contributed by atoms with Crippen molar-refractivity contribution in [3.63, 3.8) is 0 Å². The fourth-order valence-electron chi connectivity index (χ4n) is 2.52. The second kappa shape index (κ2) is 7.35. The molecule has 1 aliphatic heterocycles. The van der Waals surface area contributed by atoms with E-state index < -0.39 is 17.0 Å². The van der Waals surface area contributed by atoms with Crippen molar-refractivity contribution in [1.82, 2.24) is 10.2 Å². The van der Waals surface area contributed by atoms with E-state index in [1.165, 1.54) is 24.3 Å². The van der Waals surface area contributed by atoms with Crippen LogP contribution in [0.25, 0.3) is 11.5 Å². The lowest BCUT2D eigenvalue weighted by Gasteiger charge is -2.24. The van der Waals surface area contributed by atoms with Gasteiger partial charge in [0.2, 0.25) is 12.0 Å². The number of nitrogens with zero attached hydrogens (tertiary/aromatic N) is 3. The molecule has 10 heteroatoms. The van der Waals surface area contributed by atoms with Crippen molar-refractivity contribution >= 4 is 11.7 Å². The second-order valence-electron chi connectivity index (χ2n) is 5.78. The van der Waals surface area contributed by atoms with Crippen molar-refractivity contribution in [1.29, 1.82) is 0 Å². The lowest BCUT2D eigenvalue weighted by atomic mass is 10.2. The van der Waals surface area contributed by atoms with Crippen LogP contribution in [0, 0.1) is 10.1 Å². The normalized spacial score (nSPS) is 15.1. The Morgan fingerprint density at radius 2 is 1.89 bits per heavy atom. The van der Waals surface area contributed by atoms with Crippen molar-refractivity contribution in [3.05, 3.63) is 64.5 Å². The van der Waals surface area contributed by atoms with Gasteiger partial charge in [-0.1, -0.05) is 12.1 Å². The van der Waals surface area contributed by atoms with Gasteiger partial charge in [-0.25, -0.2) is 4.79 Å². The third-order valence-corrected chi connectivity index (χ3v) is 3.90. The Kier molecular flexibility index (Phi) is 4.58. The highest BCUT2D eigenvalue weighted by Gasteiger charge is 2.29. The minimum absolute atomic E-state index is 0.0354. The van der Waals surface area contributed by atoms with Crippen LogP contribution in [0.2, 0.25) is 0 Å². The number of carbonyl (C=O) groups excluding carboxylic acids is 1. The molecule has 0 amide bonds. The summed E-state index contributed by atoms with van der Waals surface area (Å²) in [6.45, 7) is -0.200. The Labute approximate surface area is 157 Å². The number of carbonyl (C=O) groups is 1. The van der Waals surface area contributed by atoms with Crippen molar-refractivity contribution in [2.45, 2.75) is 12.7 Å². The number of aromatic nitrogens is 2. The maximum Gasteiger partial charge on any atom is 0.351 e. The molecule has 0 saturated carbocycles. The summed E-state index contributed by atoms with van der Waals surface area (Å²) in [5, 5.41) is 18.3. The third kappa shape index (κ3) is 3.61. The zero-order valence-electron chi connectivity index (χ0n) is 14.3. The number of hydrogen-bond acceptors (Lipinski definition) is 9. The standard InChI is InChI=1S/C18H13N3O7/c22-18(15-9-25-13-3-1-2-4-14(13)27-15)26-10-16-19-20-17(28-16)11-5-7-12(8-6-11)21(23)24/h1-8,15H,9-10H2. The van der Waals surface area contributed by atoms with Crippen LogP contribution in [0.3, 0.4) is 0 Å². The maximum absolute atomic E-state index is 12.2. The van der Waals surface area contributed by atoms with Crippen LogP contribution in [0.15, 0.2) is 52.9 Å². The van der Waals surface area contributed by atoms with Gasteiger partial charge in [0.1, 0.15) is 6.61 Å². The predicted molar refractivity (Wildman–Crippen MR) is 92.5 cm³/mol. The number of ether oxygens (including phenoxy) is 3. The van der Waals surface area contributed by atoms with Crippen LogP contribution in [0.4, 0.5) is 5.69 Å². The summed E-state index contributed by atoms with van der Waals surface area (Å²) in [6.07, 6.45) is -0.896. The Balaban J connectivity index is 1.36. The number of fused-ring (bicyclic) bond motifs is 1. The number of nitro benzene ring substituents is 1. The van der Waals surface area contributed by atoms with E-state index >= 15 is 0 Å². The fourth-order valence-corrected chi connectivity index (χ4v) is 2.52. The summed E-state index contributed by atoms with van der Waals surface area (Å²) < 4.78 is 21.6. The number of esters is 1. The molecule has 0 bridgehead atoms. The van der Waals surface area contributed by atoms with E-state index in [9.17, 15) is 14.9 Å². The molecule has 4 rings (SSSR count). The summed E-state index contributed by atoms with van der Waals surface area (Å²) in [4.78, 5) is 22.4. The van der Waals surface area contributed by atoms with Gasteiger partial charge in [-0.05, 0) is 24.3 Å². The first-order valence-electron chi connectivity index (χ1n) is 8.22. The van der Waals surface area contributed by atoms with E-state index in [0.29, 0.717) is 17.1 Å². The molecule has 0 aliphatic carbocycles. The summed E-state index contributed by atoms with van der Waals surface area (Å²) in [5.74, 6) is 0.653. The molecule has 0 saturated heterocycles. The Morgan fingerprint density at radius 3 is 2.64 bits per heavy atom.